The molecule has 0 aliphatic rings. The highest BCUT2D eigenvalue weighted by molar-refractivity contribution is 14.1. The Morgan fingerprint density at radius 1 is 1.33 bits per heavy atom. The van der Waals surface area contributed by atoms with Gasteiger partial charge in [-0.1, -0.05) is 0 Å². The highest BCUT2D eigenvalue weighted by Gasteiger charge is 2.12. The molecule has 0 saturated carbocycles. The number of anilines is 3. The van der Waals surface area contributed by atoms with Crippen molar-refractivity contribution in [1.82, 2.24) is 4.98 Å². The third kappa shape index (κ3) is 2.89. The second-order valence-corrected chi connectivity index (χ2v) is 4.85. The summed E-state index contributed by atoms with van der Waals surface area (Å²) in [4.78, 5) is 15.1. The van der Waals surface area contributed by atoms with Crippen LogP contribution in [0.3, 0.4) is 0 Å². The van der Waals surface area contributed by atoms with E-state index < -0.39 is 5.97 Å². The molecule has 0 atom stereocenters. The zero-order chi connectivity index (χ0) is 13.1. The van der Waals surface area contributed by atoms with Crippen molar-refractivity contribution in [2.24, 2.45) is 0 Å². The number of halogens is 1. The van der Waals surface area contributed by atoms with E-state index in [1.165, 1.54) is 12.3 Å². The lowest BCUT2D eigenvalue weighted by molar-refractivity contribution is 0.0697. The van der Waals surface area contributed by atoms with Crippen LogP contribution in [0.5, 0.6) is 0 Å². The normalized spacial score (nSPS) is 10.1. The third-order valence-corrected chi connectivity index (χ3v) is 2.97. The number of carboxylic acid groups (broad SMARTS) is 1. The van der Waals surface area contributed by atoms with Gasteiger partial charge in [-0.15, -0.1) is 0 Å². The van der Waals surface area contributed by atoms with Gasteiger partial charge in [-0.05, 0) is 52.9 Å². The van der Waals surface area contributed by atoms with Gasteiger partial charge in [0.15, 0.2) is 0 Å². The number of hydrogen-bond donors (Lipinski definition) is 3. The summed E-state index contributed by atoms with van der Waals surface area (Å²) in [6, 6.07) is 8.92. The molecule has 0 aliphatic heterocycles. The Morgan fingerprint density at radius 2 is 2.00 bits per heavy atom. The Hall–Kier alpha value is -1.83. The van der Waals surface area contributed by atoms with Gasteiger partial charge in [0.25, 0.3) is 0 Å². The lowest BCUT2D eigenvalue weighted by atomic mass is 10.2. The van der Waals surface area contributed by atoms with Crippen molar-refractivity contribution < 1.29 is 9.90 Å². The van der Waals surface area contributed by atoms with Crippen molar-refractivity contribution in [3.63, 3.8) is 0 Å². The zero-order valence-corrected chi connectivity index (χ0v) is 11.4. The Labute approximate surface area is 117 Å². The molecule has 2 rings (SSSR count). The first kappa shape index (κ1) is 12.6. The van der Waals surface area contributed by atoms with Gasteiger partial charge < -0.3 is 16.2 Å². The van der Waals surface area contributed by atoms with E-state index in [1.807, 2.05) is 24.3 Å². The highest BCUT2D eigenvalue weighted by Crippen LogP contribution is 2.21. The topological polar surface area (TPSA) is 88.2 Å². The van der Waals surface area contributed by atoms with Crippen molar-refractivity contribution in [1.29, 1.82) is 0 Å². The standard InChI is InChI=1S/C12H10IN3O2/c13-7-1-3-9(4-2-7)16-11-10(12(17)18)5-8(14)6-15-11/h1-6H,14H2,(H,15,16)(H,17,18). The second-order valence-electron chi connectivity index (χ2n) is 3.60. The fourth-order valence-corrected chi connectivity index (χ4v) is 1.77. The number of nitrogens with one attached hydrogen (secondary N) is 1. The number of hydrogen-bond acceptors (Lipinski definition) is 4. The summed E-state index contributed by atoms with van der Waals surface area (Å²) in [5.41, 5.74) is 6.67. The fourth-order valence-electron chi connectivity index (χ4n) is 1.41. The zero-order valence-electron chi connectivity index (χ0n) is 9.22. The van der Waals surface area contributed by atoms with Gasteiger partial charge in [0.1, 0.15) is 11.4 Å². The molecule has 92 valence electrons. The lowest BCUT2D eigenvalue weighted by Gasteiger charge is -2.09. The molecule has 18 heavy (non-hydrogen) atoms. The minimum atomic E-state index is -1.07. The molecule has 1 heterocycles. The van der Waals surface area contributed by atoms with Crippen molar-refractivity contribution in [3.05, 3.63) is 45.7 Å². The third-order valence-electron chi connectivity index (χ3n) is 2.25. The van der Waals surface area contributed by atoms with Crippen LogP contribution in [-0.4, -0.2) is 16.1 Å². The van der Waals surface area contributed by atoms with E-state index >= 15 is 0 Å². The minimum absolute atomic E-state index is 0.0496. The maximum Gasteiger partial charge on any atom is 0.339 e. The van der Waals surface area contributed by atoms with Crippen LogP contribution in [0.2, 0.25) is 0 Å². The summed E-state index contributed by atoms with van der Waals surface area (Å²) in [6.07, 6.45) is 1.42. The van der Waals surface area contributed by atoms with Crippen LogP contribution in [0.25, 0.3) is 0 Å². The molecule has 6 heteroatoms. The molecule has 0 fully saturated rings. The molecule has 1 aromatic heterocycles. The second kappa shape index (κ2) is 5.21. The summed E-state index contributed by atoms with van der Waals surface area (Å²) in [6.45, 7) is 0. The highest BCUT2D eigenvalue weighted by atomic mass is 127. The summed E-state index contributed by atoms with van der Waals surface area (Å²) in [5, 5.41) is 12.0. The predicted octanol–water partition coefficient (Wildman–Crippen LogP) is 2.71. The first-order valence-electron chi connectivity index (χ1n) is 5.07. The van der Waals surface area contributed by atoms with Crippen molar-refractivity contribution in [3.8, 4) is 0 Å². The Morgan fingerprint density at radius 3 is 2.61 bits per heavy atom. The largest absolute Gasteiger partial charge is 0.478 e. The minimum Gasteiger partial charge on any atom is -0.478 e. The monoisotopic (exact) mass is 355 g/mol. The number of aromatic carboxylic acids is 1. The number of benzene rings is 1. The van der Waals surface area contributed by atoms with Crippen LogP contribution in [0.4, 0.5) is 17.2 Å². The van der Waals surface area contributed by atoms with E-state index in [0.29, 0.717) is 5.69 Å². The van der Waals surface area contributed by atoms with Crippen molar-refractivity contribution >= 4 is 45.8 Å². The smallest absolute Gasteiger partial charge is 0.339 e. The van der Waals surface area contributed by atoms with Gasteiger partial charge in [-0.25, -0.2) is 9.78 Å². The van der Waals surface area contributed by atoms with Gasteiger partial charge >= 0.3 is 5.97 Å². The number of nitrogen functional groups attached to an aromatic ring is 1. The van der Waals surface area contributed by atoms with E-state index in [1.54, 1.807) is 0 Å². The van der Waals surface area contributed by atoms with Crippen molar-refractivity contribution in [2.75, 3.05) is 11.1 Å². The number of pyridine rings is 1. The lowest BCUT2D eigenvalue weighted by Crippen LogP contribution is -2.06. The molecule has 0 bridgehead atoms. The maximum atomic E-state index is 11.1. The summed E-state index contributed by atoms with van der Waals surface area (Å²) in [7, 11) is 0. The fraction of sp³-hybridized carbons (Fsp3) is 0. The number of nitrogens with zero attached hydrogens (tertiary/aromatic N) is 1. The molecule has 2 aromatic rings. The molecule has 0 aliphatic carbocycles. The van der Waals surface area contributed by atoms with Gasteiger partial charge in [0, 0.05) is 9.26 Å². The van der Waals surface area contributed by atoms with E-state index in [0.717, 1.165) is 9.26 Å². The van der Waals surface area contributed by atoms with Crippen LogP contribution in [0.1, 0.15) is 10.4 Å². The Balaban J connectivity index is 2.34. The van der Waals surface area contributed by atoms with Crippen LogP contribution >= 0.6 is 22.6 Å². The molecule has 0 saturated heterocycles. The number of aromatic nitrogens is 1. The number of rotatable bonds is 3. The van der Waals surface area contributed by atoms with Crippen LogP contribution in [0, 0.1) is 3.57 Å². The molecule has 0 unspecified atom stereocenters. The quantitative estimate of drug-likeness (QED) is 0.737. The van der Waals surface area contributed by atoms with Gasteiger partial charge in [0.2, 0.25) is 0 Å². The van der Waals surface area contributed by atoms with Gasteiger partial charge in [-0.3, -0.25) is 0 Å². The van der Waals surface area contributed by atoms with Crippen LogP contribution in [-0.2, 0) is 0 Å². The van der Waals surface area contributed by atoms with E-state index in [4.69, 9.17) is 10.8 Å². The molecular formula is C12H10IN3O2. The summed E-state index contributed by atoms with van der Waals surface area (Å²) in [5.74, 6) is -0.791. The first-order valence-corrected chi connectivity index (χ1v) is 6.15. The molecule has 1 aromatic carbocycles. The molecule has 0 radical (unpaired) electrons. The van der Waals surface area contributed by atoms with E-state index in [2.05, 4.69) is 32.9 Å². The Kier molecular flexibility index (Phi) is 3.66. The summed E-state index contributed by atoms with van der Waals surface area (Å²) >= 11 is 2.20. The van der Waals surface area contributed by atoms with E-state index in [9.17, 15) is 4.79 Å². The van der Waals surface area contributed by atoms with Gasteiger partial charge in [-0.2, -0.15) is 0 Å². The van der Waals surface area contributed by atoms with E-state index in [-0.39, 0.29) is 11.4 Å². The first-order chi connectivity index (χ1) is 8.56. The average Bonchev–Trinajstić information content (AvgIpc) is 2.34. The van der Waals surface area contributed by atoms with Crippen LogP contribution < -0.4 is 11.1 Å². The maximum absolute atomic E-state index is 11.1. The van der Waals surface area contributed by atoms with Gasteiger partial charge in [0.05, 0.1) is 11.9 Å². The Bertz CT molecular complexity index is 584. The number of carbonyl (C=O) groups is 1. The summed E-state index contributed by atoms with van der Waals surface area (Å²) < 4.78 is 1.10. The predicted molar refractivity (Wildman–Crippen MR) is 78.1 cm³/mol. The molecule has 0 amide bonds. The van der Waals surface area contributed by atoms with Crippen molar-refractivity contribution in [2.45, 2.75) is 0 Å². The van der Waals surface area contributed by atoms with Crippen LogP contribution in [0.15, 0.2) is 36.5 Å². The molecular weight excluding hydrogens is 345 g/mol. The number of carboxylic acids is 1. The SMILES string of the molecule is Nc1cnc(Nc2ccc(I)cc2)c(C(=O)O)c1. The molecule has 5 nitrogen and oxygen atoms in total. The average molecular weight is 355 g/mol. The molecule has 4 N–H and O–H groups in total. The number of nitrogens with two attached hydrogens (primary N) is 1. The molecule has 0 spiro atoms.